The second kappa shape index (κ2) is 16.5. The lowest BCUT2D eigenvalue weighted by Gasteiger charge is -2.09. The minimum Gasteiger partial charge on any atom is -0.497 e. The Balaban J connectivity index is 0.000000261. The molecule has 6 heteroatoms. The highest BCUT2D eigenvalue weighted by Gasteiger charge is 2.05. The first-order valence-corrected chi connectivity index (χ1v) is 12.3. The van der Waals surface area contributed by atoms with Gasteiger partial charge in [-0.2, -0.15) is 0 Å². The number of carbonyl (C=O) groups excluding carboxylic acids is 2. The molecule has 37 heavy (non-hydrogen) atoms. The van der Waals surface area contributed by atoms with Crippen molar-refractivity contribution >= 4 is 18.5 Å². The Morgan fingerprint density at radius 1 is 0.946 bits per heavy atom. The third-order valence-corrected chi connectivity index (χ3v) is 5.45. The Morgan fingerprint density at radius 3 is 2.22 bits per heavy atom. The number of ether oxygens (including phenoxy) is 3. The quantitative estimate of drug-likeness (QED) is 0.0926. The summed E-state index contributed by atoms with van der Waals surface area (Å²) in [5, 5.41) is 7.53. The molecule has 0 spiro atoms. The fourth-order valence-corrected chi connectivity index (χ4v) is 3.46. The number of benzene rings is 3. The smallest absolute Gasteiger partial charge is 0.330 e. The minimum absolute atomic E-state index is 0.373. The summed E-state index contributed by atoms with van der Waals surface area (Å²) >= 11 is 0. The normalized spacial score (nSPS) is 9.89. The van der Waals surface area contributed by atoms with Crippen LogP contribution in [0.2, 0.25) is 0 Å². The molecule has 0 saturated heterocycles. The third kappa shape index (κ3) is 10.1. The van der Waals surface area contributed by atoms with Gasteiger partial charge in [-0.25, -0.2) is 4.79 Å². The molecule has 194 valence electrons. The number of carbonyl (C=O) groups is 2. The number of unbranched alkanes of at least 4 members (excludes halogenated alkanes) is 1. The van der Waals surface area contributed by atoms with Crippen molar-refractivity contribution in [2.45, 2.75) is 32.6 Å². The predicted molar refractivity (Wildman–Crippen MR) is 148 cm³/mol. The largest absolute Gasteiger partial charge is 0.497 e. The highest BCUT2D eigenvalue weighted by molar-refractivity contribution is 5.89. The van der Waals surface area contributed by atoms with E-state index in [1.165, 1.54) is 11.8 Å². The number of methoxy groups -OCH3 is 1. The number of esters is 1. The zero-order chi connectivity index (χ0) is 26.9. The lowest BCUT2D eigenvalue weighted by molar-refractivity contribution is -0.137. The molecule has 3 aromatic carbocycles. The Morgan fingerprint density at radius 2 is 1.62 bits per heavy atom. The van der Waals surface area contributed by atoms with E-state index in [0.29, 0.717) is 18.8 Å². The molecule has 0 fully saturated rings. The maximum atomic E-state index is 10.7. The molecule has 0 saturated carbocycles. The van der Waals surface area contributed by atoms with Gasteiger partial charge in [0.25, 0.3) is 0 Å². The molecule has 0 bridgehead atoms. The summed E-state index contributed by atoms with van der Waals surface area (Å²) in [7, 11) is 1.64. The monoisotopic (exact) mass is 501 g/mol. The van der Waals surface area contributed by atoms with Gasteiger partial charge in [-0.05, 0) is 72.4 Å². The maximum absolute atomic E-state index is 10.7. The first kappa shape index (κ1) is 29.0. The average Bonchev–Trinajstić information content (AvgIpc) is 2.95. The molecule has 3 aromatic rings. The lowest BCUT2D eigenvalue weighted by Crippen LogP contribution is -2.04. The van der Waals surface area contributed by atoms with E-state index in [-0.39, 0.29) is 0 Å². The van der Waals surface area contributed by atoms with Crippen molar-refractivity contribution in [2.75, 3.05) is 20.3 Å². The molecule has 0 heterocycles. The van der Waals surface area contributed by atoms with Crippen LogP contribution in [0.15, 0.2) is 79.4 Å². The van der Waals surface area contributed by atoms with Crippen molar-refractivity contribution in [3.05, 3.63) is 96.1 Å². The Labute approximate surface area is 219 Å². The van der Waals surface area contributed by atoms with Gasteiger partial charge in [-0.3, -0.25) is 4.79 Å². The molecule has 0 unspecified atom stereocenters. The Hall–Kier alpha value is -4.19. The minimum atomic E-state index is -0.402. The van der Waals surface area contributed by atoms with Gasteiger partial charge < -0.3 is 19.6 Å². The van der Waals surface area contributed by atoms with Gasteiger partial charge in [0, 0.05) is 23.4 Å². The van der Waals surface area contributed by atoms with Gasteiger partial charge in [0.1, 0.15) is 17.8 Å². The van der Waals surface area contributed by atoms with Gasteiger partial charge in [0.05, 0.1) is 20.3 Å². The van der Waals surface area contributed by atoms with E-state index in [1.54, 1.807) is 31.4 Å². The van der Waals surface area contributed by atoms with Crippen molar-refractivity contribution < 1.29 is 23.8 Å². The van der Waals surface area contributed by atoms with E-state index in [4.69, 9.17) is 19.6 Å². The van der Waals surface area contributed by atoms with Crippen LogP contribution in [0.1, 0.15) is 47.7 Å². The number of rotatable bonds is 13. The van der Waals surface area contributed by atoms with Gasteiger partial charge in [-0.15, -0.1) is 0 Å². The van der Waals surface area contributed by atoms with Gasteiger partial charge in [0.2, 0.25) is 0 Å². The van der Waals surface area contributed by atoms with Crippen LogP contribution < -0.4 is 9.47 Å². The topological polar surface area (TPSA) is 85.7 Å². The zero-order valence-corrected chi connectivity index (χ0v) is 21.6. The van der Waals surface area contributed by atoms with Crippen LogP contribution in [0.4, 0.5) is 0 Å². The van der Waals surface area contributed by atoms with E-state index < -0.39 is 5.97 Å². The van der Waals surface area contributed by atoms with Crippen molar-refractivity contribution in [3.8, 4) is 22.6 Å². The maximum Gasteiger partial charge on any atom is 0.330 e. The predicted octanol–water partition coefficient (Wildman–Crippen LogP) is 6.70. The number of aryl methyl sites for hydroxylation is 1. The second-order valence-corrected chi connectivity index (χ2v) is 8.16. The first-order valence-electron chi connectivity index (χ1n) is 12.3. The van der Waals surface area contributed by atoms with Crippen LogP contribution in [0, 0.1) is 5.41 Å². The van der Waals surface area contributed by atoms with Crippen LogP contribution in [0.3, 0.4) is 0 Å². The van der Waals surface area contributed by atoms with Crippen molar-refractivity contribution in [1.29, 1.82) is 5.41 Å². The van der Waals surface area contributed by atoms with Crippen LogP contribution in [0.5, 0.6) is 11.5 Å². The molecule has 0 aromatic heterocycles. The summed E-state index contributed by atoms with van der Waals surface area (Å²) < 4.78 is 15.5. The van der Waals surface area contributed by atoms with Gasteiger partial charge in [0.15, 0.2) is 0 Å². The summed E-state index contributed by atoms with van der Waals surface area (Å²) in [6.07, 6.45) is 7.11. The fraction of sp³-hybridized carbons (Fsp3) is 0.258. The molecular formula is C31H35NO5. The summed E-state index contributed by atoms with van der Waals surface area (Å²) in [5.74, 6) is 1.11. The van der Waals surface area contributed by atoms with E-state index >= 15 is 0 Å². The Kier molecular flexibility index (Phi) is 12.9. The van der Waals surface area contributed by atoms with Crippen molar-refractivity contribution in [1.82, 2.24) is 0 Å². The highest BCUT2D eigenvalue weighted by Crippen LogP contribution is 2.26. The summed E-state index contributed by atoms with van der Waals surface area (Å²) in [6.45, 7) is 6.41. The second-order valence-electron chi connectivity index (χ2n) is 8.16. The van der Waals surface area contributed by atoms with Crippen LogP contribution in [-0.2, 0) is 16.0 Å². The molecule has 0 aliphatic rings. The molecule has 0 atom stereocenters. The Bertz CT molecular complexity index is 1140. The molecule has 0 aliphatic carbocycles. The number of aldehydes is 1. The number of hydrogen-bond acceptors (Lipinski definition) is 6. The lowest BCUT2D eigenvalue weighted by atomic mass is 9.98. The van der Waals surface area contributed by atoms with E-state index in [1.807, 2.05) is 18.2 Å². The number of nitrogens with one attached hydrogen (secondary N) is 1. The molecular weight excluding hydrogens is 466 g/mol. The number of hydrogen-bond donors (Lipinski definition) is 1. The molecule has 1 N–H and O–H groups in total. The molecule has 0 amide bonds. The van der Waals surface area contributed by atoms with Crippen LogP contribution in [0.25, 0.3) is 11.1 Å². The summed E-state index contributed by atoms with van der Waals surface area (Å²) in [4.78, 5) is 21.2. The van der Waals surface area contributed by atoms with Gasteiger partial charge >= 0.3 is 5.97 Å². The third-order valence-electron chi connectivity index (χ3n) is 5.45. The van der Waals surface area contributed by atoms with Crippen molar-refractivity contribution in [2.24, 2.45) is 0 Å². The van der Waals surface area contributed by atoms with Crippen molar-refractivity contribution in [3.63, 3.8) is 0 Å². The highest BCUT2D eigenvalue weighted by atomic mass is 16.5. The molecule has 0 aliphatic heterocycles. The summed E-state index contributed by atoms with van der Waals surface area (Å²) in [5.41, 5.74) is 5.07. The fourth-order valence-electron chi connectivity index (χ4n) is 3.46. The standard InChI is InChI=1S/C17H19NO.C14H16O4/c1-3-4-13-5-7-14(8-6-13)17-10-9-16(19-2)11-15(17)12-18;1-2-14(16)18-10-4-3-9-17-13-7-5-12(11-15)6-8-13/h5-12,18H,3-4H2,1-2H3;2,5-8,11H,1,3-4,9-10H2. The molecule has 6 nitrogen and oxygen atoms in total. The van der Waals surface area contributed by atoms with E-state index in [9.17, 15) is 9.59 Å². The van der Waals surface area contributed by atoms with Crippen LogP contribution >= 0.6 is 0 Å². The molecule has 0 radical (unpaired) electrons. The van der Waals surface area contributed by atoms with Gasteiger partial charge in [-0.1, -0.05) is 50.3 Å². The molecule has 3 rings (SSSR count). The average molecular weight is 502 g/mol. The first-order chi connectivity index (χ1) is 18.0. The van der Waals surface area contributed by atoms with E-state index in [0.717, 1.165) is 66.2 Å². The SMILES string of the molecule is C=CC(=O)OCCCCOc1ccc(C=O)cc1.CCCc1ccc(-c2ccc(OC)cc2C=N)cc1. The van der Waals surface area contributed by atoms with Crippen LogP contribution in [-0.4, -0.2) is 38.8 Å². The van der Waals surface area contributed by atoms with E-state index in [2.05, 4.69) is 37.8 Å². The summed E-state index contributed by atoms with van der Waals surface area (Å²) in [6, 6.07) is 21.3. The zero-order valence-electron chi connectivity index (χ0n) is 21.6.